The third-order valence-electron chi connectivity index (χ3n) is 3.81. The molecule has 0 fully saturated rings. The molecule has 3 rings (SSSR count). The van der Waals surface area contributed by atoms with E-state index in [1.54, 1.807) is 30.3 Å². The monoisotopic (exact) mass is 357 g/mol. The number of hydrogen-bond donors (Lipinski definition) is 3. The molecule has 6 nitrogen and oxygen atoms in total. The van der Waals surface area contributed by atoms with Crippen LogP contribution in [-0.4, -0.2) is 17.0 Å². The molecule has 0 saturated heterocycles. The largest absolute Gasteiger partial charge is 0.478 e. The van der Waals surface area contributed by atoms with E-state index in [1.165, 1.54) is 12.1 Å². The fraction of sp³-hybridized carbons (Fsp3) is 0. The maximum atomic E-state index is 12.5. The molecule has 132 valence electrons. The molecule has 0 bridgehead atoms. The Balaban J connectivity index is 1.90. The topological polar surface area (TPSA) is 102 Å². The average molecular weight is 357 g/mol. The Labute approximate surface area is 155 Å². The van der Waals surface area contributed by atoms with E-state index in [9.17, 15) is 14.7 Å². The number of carboxylic acids is 1. The number of carbonyl (C=O) groups excluding carboxylic acids is 1. The summed E-state index contributed by atoms with van der Waals surface area (Å²) in [6.45, 7) is 0. The first kappa shape index (κ1) is 17.7. The normalized spacial score (nSPS) is 9.89. The van der Waals surface area contributed by atoms with Crippen LogP contribution in [0, 0.1) is 11.3 Å². The lowest BCUT2D eigenvalue weighted by Gasteiger charge is -2.12. The highest BCUT2D eigenvalue weighted by molar-refractivity contribution is 6.08. The number of nitrogens with one attached hydrogen (secondary N) is 2. The molecular weight excluding hydrogens is 342 g/mol. The van der Waals surface area contributed by atoms with Gasteiger partial charge in [0.05, 0.1) is 22.9 Å². The van der Waals surface area contributed by atoms with E-state index in [-0.39, 0.29) is 16.8 Å². The van der Waals surface area contributed by atoms with E-state index >= 15 is 0 Å². The Hall–Kier alpha value is -4.11. The van der Waals surface area contributed by atoms with Crippen molar-refractivity contribution in [3.8, 4) is 6.07 Å². The molecule has 1 amide bonds. The summed E-state index contributed by atoms with van der Waals surface area (Å²) in [6, 6.07) is 22.1. The maximum absolute atomic E-state index is 12.5. The van der Waals surface area contributed by atoms with Crippen LogP contribution in [0.2, 0.25) is 0 Å². The maximum Gasteiger partial charge on any atom is 0.337 e. The van der Waals surface area contributed by atoms with E-state index in [4.69, 9.17) is 5.26 Å². The lowest BCUT2D eigenvalue weighted by atomic mass is 10.1. The predicted molar refractivity (Wildman–Crippen MR) is 102 cm³/mol. The number of para-hydroxylation sites is 1. The van der Waals surface area contributed by atoms with Crippen molar-refractivity contribution in [1.82, 2.24) is 0 Å². The number of benzene rings is 3. The van der Waals surface area contributed by atoms with Crippen LogP contribution in [0.25, 0.3) is 0 Å². The zero-order valence-corrected chi connectivity index (χ0v) is 14.1. The van der Waals surface area contributed by atoms with Gasteiger partial charge < -0.3 is 15.7 Å². The Kier molecular flexibility index (Phi) is 5.15. The van der Waals surface area contributed by atoms with Gasteiger partial charge in [-0.2, -0.15) is 5.26 Å². The molecule has 3 aromatic carbocycles. The van der Waals surface area contributed by atoms with E-state index in [2.05, 4.69) is 10.6 Å². The van der Waals surface area contributed by atoms with Gasteiger partial charge in [-0.15, -0.1) is 0 Å². The number of nitrogens with zero attached hydrogens (tertiary/aromatic N) is 1. The highest BCUT2D eigenvalue weighted by atomic mass is 16.4. The van der Waals surface area contributed by atoms with Gasteiger partial charge in [0.2, 0.25) is 0 Å². The number of hydrogen-bond acceptors (Lipinski definition) is 4. The fourth-order valence-corrected chi connectivity index (χ4v) is 2.52. The third kappa shape index (κ3) is 4.30. The molecule has 0 saturated carbocycles. The number of rotatable bonds is 5. The summed E-state index contributed by atoms with van der Waals surface area (Å²) in [6.07, 6.45) is 0. The van der Waals surface area contributed by atoms with Crippen molar-refractivity contribution >= 4 is 28.9 Å². The molecule has 0 radical (unpaired) electrons. The minimum absolute atomic E-state index is 0.0293. The number of carbonyl (C=O) groups is 2. The van der Waals surface area contributed by atoms with E-state index in [0.29, 0.717) is 11.3 Å². The predicted octanol–water partition coefficient (Wildman–Crippen LogP) is 4.25. The van der Waals surface area contributed by atoms with Crippen molar-refractivity contribution in [3.05, 3.63) is 89.5 Å². The number of anilines is 3. The number of amides is 1. The summed E-state index contributed by atoms with van der Waals surface area (Å²) in [4.78, 5) is 24.0. The van der Waals surface area contributed by atoms with Gasteiger partial charge in [0.25, 0.3) is 5.91 Å². The standard InChI is InChI=1S/C21H15N3O3/c22-13-14-5-4-6-15(11-14)20(25)24-19-12-17(9-10-18(19)21(26)27)23-16-7-2-1-3-8-16/h1-12,23H,(H,24,25)(H,26,27). The summed E-state index contributed by atoms with van der Waals surface area (Å²) in [5.74, 6) is -1.64. The van der Waals surface area contributed by atoms with Crippen molar-refractivity contribution in [2.24, 2.45) is 0 Å². The molecule has 0 atom stereocenters. The summed E-state index contributed by atoms with van der Waals surface area (Å²) < 4.78 is 0. The van der Waals surface area contributed by atoms with Crippen molar-refractivity contribution < 1.29 is 14.7 Å². The second-order valence-corrected chi connectivity index (χ2v) is 5.70. The van der Waals surface area contributed by atoms with Gasteiger partial charge in [-0.25, -0.2) is 4.79 Å². The van der Waals surface area contributed by atoms with E-state index < -0.39 is 11.9 Å². The lowest BCUT2D eigenvalue weighted by Crippen LogP contribution is -2.15. The van der Waals surface area contributed by atoms with Crippen LogP contribution in [0.3, 0.4) is 0 Å². The Morgan fingerprint density at radius 1 is 0.889 bits per heavy atom. The second-order valence-electron chi connectivity index (χ2n) is 5.70. The first-order chi connectivity index (χ1) is 13.1. The molecule has 3 N–H and O–H groups in total. The molecule has 3 aromatic rings. The van der Waals surface area contributed by atoms with Crippen LogP contribution >= 0.6 is 0 Å². The van der Waals surface area contributed by atoms with Gasteiger partial charge in [0.15, 0.2) is 0 Å². The minimum Gasteiger partial charge on any atom is -0.478 e. The SMILES string of the molecule is N#Cc1cccc(C(=O)Nc2cc(Nc3ccccc3)ccc2C(=O)O)c1. The van der Waals surface area contributed by atoms with Crippen molar-refractivity contribution in [3.63, 3.8) is 0 Å². The van der Waals surface area contributed by atoms with Gasteiger partial charge in [-0.1, -0.05) is 24.3 Å². The Morgan fingerprint density at radius 3 is 2.37 bits per heavy atom. The number of carboxylic acid groups (broad SMARTS) is 1. The van der Waals surface area contributed by atoms with Crippen LogP contribution < -0.4 is 10.6 Å². The molecule has 0 unspecified atom stereocenters. The molecule has 0 aliphatic rings. The van der Waals surface area contributed by atoms with Gasteiger partial charge >= 0.3 is 5.97 Å². The van der Waals surface area contributed by atoms with Crippen LogP contribution in [-0.2, 0) is 0 Å². The van der Waals surface area contributed by atoms with Crippen molar-refractivity contribution in [2.45, 2.75) is 0 Å². The lowest BCUT2D eigenvalue weighted by molar-refractivity contribution is 0.0698. The molecule has 0 aliphatic heterocycles. The molecule has 0 spiro atoms. The van der Waals surface area contributed by atoms with Crippen LogP contribution in [0.15, 0.2) is 72.8 Å². The van der Waals surface area contributed by atoms with Crippen LogP contribution in [0.4, 0.5) is 17.1 Å². The Morgan fingerprint density at radius 2 is 1.67 bits per heavy atom. The molecule has 0 aliphatic carbocycles. The highest BCUT2D eigenvalue weighted by Gasteiger charge is 2.15. The van der Waals surface area contributed by atoms with Gasteiger partial charge in [-0.05, 0) is 48.5 Å². The minimum atomic E-state index is -1.15. The summed E-state index contributed by atoms with van der Waals surface area (Å²) >= 11 is 0. The van der Waals surface area contributed by atoms with Crippen LogP contribution in [0.5, 0.6) is 0 Å². The molecule has 0 heterocycles. The first-order valence-electron chi connectivity index (χ1n) is 8.08. The number of nitriles is 1. The summed E-state index contributed by atoms with van der Waals surface area (Å²) in [7, 11) is 0. The second kappa shape index (κ2) is 7.85. The highest BCUT2D eigenvalue weighted by Crippen LogP contribution is 2.24. The van der Waals surface area contributed by atoms with Gasteiger partial charge in [0, 0.05) is 16.9 Å². The Bertz CT molecular complexity index is 1040. The summed E-state index contributed by atoms with van der Waals surface area (Å²) in [5.41, 5.74) is 2.22. The fourth-order valence-electron chi connectivity index (χ4n) is 2.52. The van der Waals surface area contributed by atoms with Crippen molar-refractivity contribution in [2.75, 3.05) is 10.6 Å². The zero-order valence-electron chi connectivity index (χ0n) is 14.1. The smallest absolute Gasteiger partial charge is 0.337 e. The van der Waals surface area contributed by atoms with E-state index in [0.717, 1.165) is 5.69 Å². The zero-order chi connectivity index (χ0) is 19.2. The van der Waals surface area contributed by atoms with Gasteiger partial charge in [-0.3, -0.25) is 4.79 Å². The van der Waals surface area contributed by atoms with Crippen LogP contribution in [0.1, 0.15) is 26.3 Å². The van der Waals surface area contributed by atoms with E-state index in [1.807, 2.05) is 36.4 Å². The first-order valence-corrected chi connectivity index (χ1v) is 8.08. The molecule has 0 aromatic heterocycles. The number of aromatic carboxylic acids is 1. The molecule has 6 heteroatoms. The molecular formula is C21H15N3O3. The third-order valence-corrected chi connectivity index (χ3v) is 3.81. The van der Waals surface area contributed by atoms with Gasteiger partial charge in [0.1, 0.15) is 0 Å². The molecule has 27 heavy (non-hydrogen) atoms. The van der Waals surface area contributed by atoms with Crippen molar-refractivity contribution in [1.29, 1.82) is 5.26 Å². The average Bonchev–Trinajstić information content (AvgIpc) is 2.68. The summed E-state index contributed by atoms with van der Waals surface area (Å²) in [5, 5.41) is 24.1. The quantitative estimate of drug-likeness (QED) is 0.633.